The average Bonchev–Trinajstić information content (AvgIpc) is 2.11. The first-order valence-corrected chi connectivity index (χ1v) is 5.68. The first-order chi connectivity index (χ1) is 6.52. The van der Waals surface area contributed by atoms with E-state index >= 15 is 0 Å². The molecule has 0 radical (unpaired) electrons. The fraction of sp³-hybridized carbons (Fsp3) is 0.846. The highest BCUT2D eigenvalue weighted by Crippen LogP contribution is 2.46. The Bertz CT molecular complexity index is 224. The van der Waals surface area contributed by atoms with Crippen molar-refractivity contribution in [2.45, 2.75) is 64.4 Å². The number of unbranched alkanes of at least 4 members (excludes halogenated alkanes) is 1. The number of hydrogen-bond acceptors (Lipinski definition) is 1. The van der Waals surface area contributed by atoms with E-state index in [1.807, 2.05) is 0 Å². The van der Waals surface area contributed by atoms with Crippen LogP contribution < -0.4 is 0 Å². The maximum atomic E-state index is 10.6. The highest BCUT2D eigenvalue weighted by molar-refractivity contribution is 4.97. The SMILES string of the molecule is C#CCCCC1(O)CCCCC1(C)C. The summed E-state index contributed by atoms with van der Waals surface area (Å²) in [5.41, 5.74) is -0.401. The van der Waals surface area contributed by atoms with Crippen LogP contribution in [0.2, 0.25) is 0 Å². The van der Waals surface area contributed by atoms with Gasteiger partial charge in [-0.05, 0) is 31.1 Å². The molecular weight excluding hydrogens is 172 g/mol. The molecule has 0 heterocycles. The lowest BCUT2D eigenvalue weighted by Crippen LogP contribution is -2.47. The molecule has 80 valence electrons. The Morgan fingerprint density at radius 2 is 1.93 bits per heavy atom. The van der Waals surface area contributed by atoms with Gasteiger partial charge >= 0.3 is 0 Å². The van der Waals surface area contributed by atoms with Crippen LogP contribution in [0.25, 0.3) is 0 Å². The molecule has 0 aromatic rings. The fourth-order valence-corrected chi connectivity index (χ4v) is 2.50. The lowest BCUT2D eigenvalue weighted by Gasteiger charge is -2.46. The smallest absolute Gasteiger partial charge is 0.0698 e. The molecule has 0 aromatic heterocycles. The molecule has 1 unspecified atom stereocenters. The predicted molar refractivity (Wildman–Crippen MR) is 59.9 cm³/mol. The highest BCUT2D eigenvalue weighted by atomic mass is 16.3. The van der Waals surface area contributed by atoms with Crippen LogP contribution in [-0.4, -0.2) is 10.7 Å². The van der Waals surface area contributed by atoms with E-state index in [1.165, 1.54) is 6.42 Å². The zero-order valence-corrected chi connectivity index (χ0v) is 9.47. The van der Waals surface area contributed by atoms with Crippen molar-refractivity contribution in [3.8, 4) is 12.3 Å². The highest BCUT2D eigenvalue weighted by Gasteiger charge is 2.44. The normalized spacial score (nSPS) is 31.0. The molecular formula is C13H22O. The number of terminal acetylenes is 1. The summed E-state index contributed by atoms with van der Waals surface area (Å²) in [6.07, 6.45) is 12.3. The van der Waals surface area contributed by atoms with E-state index < -0.39 is 5.60 Å². The molecule has 1 N–H and O–H groups in total. The monoisotopic (exact) mass is 194 g/mol. The standard InChI is InChI=1S/C13H22O/c1-4-5-6-10-13(14)11-8-7-9-12(13,2)3/h1,14H,5-11H2,2-3H3. The molecule has 0 aliphatic heterocycles. The Kier molecular flexibility index (Phi) is 3.61. The lowest BCUT2D eigenvalue weighted by atomic mass is 9.63. The molecule has 0 saturated heterocycles. The number of rotatable bonds is 3. The minimum atomic E-state index is -0.470. The lowest BCUT2D eigenvalue weighted by molar-refractivity contribution is -0.103. The second-order valence-corrected chi connectivity index (χ2v) is 5.18. The molecule has 0 spiro atoms. The van der Waals surface area contributed by atoms with Gasteiger partial charge in [0.05, 0.1) is 5.60 Å². The maximum absolute atomic E-state index is 10.6. The topological polar surface area (TPSA) is 20.2 Å². The van der Waals surface area contributed by atoms with Gasteiger partial charge < -0.3 is 5.11 Å². The van der Waals surface area contributed by atoms with Crippen molar-refractivity contribution in [1.82, 2.24) is 0 Å². The van der Waals surface area contributed by atoms with Crippen molar-refractivity contribution in [1.29, 1.82) is 0 Å². The van der Waals surface area contributed by atoms with Crippen LogP contribution in [0.5, 0.6) is 0 Å². The van der Waals surface area contributed by atoms with E-state index in [0.717, 1.165) is 38.5 Å². The molecule has 0 amide bonds. The van der Waals surface area contributed by atoms with Gasteiger partial charge in [-0.15, -0.1) is 12.3 Å². The van der Waals surface area contributed by atoms with Gasteiger partial charge in [0.2, 0.25) is 0 Å². The summed E-state index contributed by atoms with van der Waals surface area (Å²) in [6, 6.07) is 0. The summed E-state index contributed by atoms with van der Waals surface area (Å²) >= 11 is 0. The maximum Gasteiger partial charge on any atom is 0.0698 e. The molecule has 0 bridgehead atoms. The van der Waals surface area contributed by atoms with Gasteiger partial charge in [0.1, 0.15) is 0 Å². The third-order valence-electron chi connectivity index (χ3n) is 3.81. The molecule has 1 rings (SSSR count). The molecule has 1 heteroatoms. The second-order valence-electron chi connectivity index (χ2n) is 5.18. The van der Waals surface area contributed by atoms with Crippen molar-refractivity contribution in [3.05, 3.63) is 0 Å². The fourth-order valence-electron chi connectivity index (χ4n) is 2.50. The van der Waals surface area contributed by atoms with Gasteiger partial charge in [0.25, 0.3) is 0 Å². The molecule has 1 saturated carbocycles. The van der Waals surface area contributed by atoms with E-state index in [-0.39, 0.29) is 5.41 Å². The summed E-state index contributed by atoms with van der Waals surface area (Å²) in [4.78, 5) is 0. The quantitative estimate of drug-likeness (QED) is 0.540. The third kappa shape index (κ3) is 2.30. The molecule has 0 aromatic carbocycles. The van der Waals surface area contributed by atoms with Crippen molar-refractivity contribution in [2.75, 3.05) is 0 Å². The summed E-state index contributed by atoms with van der Waals surface area (Å²) in [5.74, 6) is 2.64. The van der Waals surface area contributed by atoms with Gasteiger partial charge in [0, 0.05) is 6.42 Å². The van der Waals surface area contributed by atoms with Crippen molar-refractivity contribution >= 4 is 0 Å². The predicted octanol–water partition coefficient (Wildman–Crippen LogP) is 3.12. The van der Waals surface area contributed by atoms with Crippen LogP contribution in [-0.2, 0) is 0 Å². The van der Waals surface area contributed by atoms with E-state index in [2.05, 4.69) is 19.8 Å². The first-order valence-electron chi connectivity index (χ1n) is 5.68. The Balaban J connectivity index is 2.56. The van der Waals surface area contributed by atoms with Gasteiger partial charge in [-0.25, -0.2) is 0 Å². The van der Waals surface area contributed by atoms with E-state index in [9.17, 15) is 5.11 Å². The van der Waals surface area contributed by atoms with E-state index in [1.54, 1.807) is 0 Å². The minimum absolute atomic E-state index is 0.0693. The van der Waals surface area contributed by atoms with Crippen LogP contribution in [0.1, 0.15) is 58.8 Å². The van der Waals surface area contributed by atoms with Crippen molar-refractivity contribution < 1.29 is 5.11 Å². The van der Waals surface area contributed by atoms with Crippen LogP contribution in [0.3, 0.4) is 0 Å². The Hall–Kier alpha value is -0.480. The zero-order chi connectivity index (χ0) is 10.7. The molecule has 14 heavy (non-hydrogen) atoms. The zero-order valence-electron chi connectivity index (χ0n) is 9.47. The Morgan fingerprint density at radius 3 is 2.50 bits per heavy atom. The molecule has 1 fully saturated rings. The average molecular weight is 194 g/mol. The number of aliphatic hydroxyl groups is 1. The van der Waals surface area contributed by atoms with Gasteiger partial charge in [-0.3, -0.25) is 0 Å². The first kappa shape index (κ1) is 11.6. The van der Waals surface area contributed by atoms with Crippen molar-refractivity contribution in [3.63, 3.8) is 0 Å². The van der Waals surface area contributed by atoms with Crippen LogP contribution in [0.15, 0.2) is 0 Å². The van der Waals surface area contributed by atoms with Crippen molar-refractivity contribution in [2.24, 2.45) is 5.41 Å². The second kappa shape index (κ2) is 4.36. The summed E-state index contributed by atoms with van der Waals surface area (Å²) < 4.78 is 0. The van der Waals surface area contributed by atoms with Gasteiger partial charge in [-0.2, -0.15) is 0 Å². The summed E-state index contributed by atoms with van der Waals surface area (Å²) in [7, 11) is 0. The third-order valence-corrected chi connectivity index (χ3v) is 3.81. The summed E-state index contributed by atoms with van der Waals surface area (Å²) in [6.45, 7) is 4.37. The van der Waals surface area contributed by atoms with Gasteiger partial charge in [0.15, 0.2) is 0 Å². The Labute approximate surface area is 87.9 Å². The molecule has 1 aliphatic carbocycles. The summed E-state index contributed by atoms with van der Waals surface area (Å²) in [5, 5.41) is 10.6. The van der Waals surface area contributed by atoms with Crippen LogP contribution in [0, 0.1) is 17.8 Å². The molecule has 1 nitrogen and oxygen atoms in total. The Morgan fingerprint density at radius 1 is 1.29 bits per heavy atom. The number of hydrogen-bond donors (Lipinski definition) is 1. The molecule has 1 aliphatic rings. The van der Waals surface area contributed by atoms with E-state index in [0.29, 0.717) is 0 Å². The van der Waals surface area contributed by atoms with Gasteiger partial charge in [-0.1, -0.05) is 26.7 Å². The largest absolute Gasteiger partial charge is 0.389 e. The van der Waals surface area contributed by atoms with E-state index in [4.69, 9.17) is 6.42 Å². The van der Waals surface area contributed by atoms with Crippen LogP contribution in [0.4, 0.5) is 0 Å². The van der Waals surface area contributed by atoms with Crippen LogP contribution >= 0.6 is 0 Å². The minimum Gasteiger partial charge on any atom is -0.389 e. The molecule has 1 atom stereocenters.